The third-order valence-electron chi connectivity index (χ3n) is 4.47. The molecule has 0 spiro atoms. The van der Waals surface area contributed by atoms with E-state index in [-0.39, 0.29) is 42.7 Å². The van der Waals surface area contributed by atoms with Crippen molar-refractivity contribution in [3.05, 3.63) is 5.15 Å². The fourth-order valence-electron chi connectivity index (χ4n) is 3.41. The van der Waals surface area contributed by atoms with Crippen LogP contribution in [0.4, 0.5) is 11.5 Å². The standard InChI is InChI=1S/C17H27ClN4O4S/c1-4-7-27-16-21-14(18)11(19)15(22-16)20-9-8-10(24-6-5-23)13-12(9)25-17(2,3)26-13/h9-10,12-13,23H,4-8,19H2,1-3H3,(H,20,21,22)/t9?,10-,12-,13+/m0/s1. The minimum absolute atomic E-state index is 0.0390. The van der Waals surface area contributed by atoms with E-state index in [1.54, 1.807) is 0 Å². The van der Waals surface area contributed by atoms with Crippen LogP contribution in [-0.2, 0) is 14.2 Å². The van der Waals surface area contributed by atoms with Crippen LogP contribution in [0.25, 0.3) is 0 Å². The number of ether oxygens (including phenoxy) is 3. The van der Waals surface area contributed by atoms with Gasteiger partial charge >= 0.3 is 0 Å². The van der Waals surface area contributed by atoms with Crippen molar-refractivity contribution in [3.8, 4) is 0 Å². The third-order valence-corrected chi connectivity index (χ3v) is 5.81. The second-order valence-corrected chi connectivity index (χ2v) is 8.51. The van der Waals surface area contributed by atoms with Crippen molar-refractivity contribution in [1.82, 2.24) is 9.97 Å². The molecule has 2 aliphatic rings. The summed E-state index contributed by atoms with van der Waals surface area (Å²) >= 11 is 7.73. The minimum Gasteiger partial charge on any atom is -0.394 e. The Morgan fingerprint density at radius 1 is 1.37 bits per heavy atom. The summed E-state index contributed by atoms with van der Waals surface area (Å²) in [5.74, 6) is 0.692. The Morgan fingerprint density at radius 3 is 2.81 bits per heavy atom. The lowest BCUT2D eigenvalue weighted by atomic mass is 10.2. The number of aliphatic hydroxyl groups is 1. The van der Waals surface area contributed by atoms with Gasteiger partial charge in [-0.3, -0.25) is 0 Å². The maximum atomic E-state index is 9.08. The molecule has 1 aromatic rings. The topological polar surface area (TPSA) is 112 Å². The normalized spacial score (nSPS) is 29.1. The van der Waals surface area contributed by atoms with E-state index in [2.05, 4.69) is 22.2 Å². The zero-order chi connectivity index (χ0) is 19.6. The Morgan fingerprint density at radius 2 is 2.11 bits per heavy atom. The number of rotatable bonds is 8. The summed E-state index contributed by atoms with van der Waals surface area (Å²) in [5.41, 5.74) is 6.41. The number of halogens is 1. The summed E-state index contributed by atoms with van der Waals surface area (Å²) in [6.07, 6.45) is 1.02. The molecule has 4 N–H and O–H groups in total. The highest BCUT2D eigenvalue weighted by Gasteiger charge is 2.54. The van der Waals surface area contributed by atoms with Crippen molar-refractivity contribution in [2.24, 2.45) is 0 Å². The first-order chi connectivity index (χ1) is 12.8. The molecule has 0 radical (unpaired) electrons. The van der Waals surface area contributed by atoms with Gasteiger partial charge in [0.15, 0.2) is 21.9 Å². The Bertz CT molecular complexity index is 666. The molecule has 1 saturated carbocycles. The zero-order valence-corrected chi connectivity index (χ0v) is 17.3. The largest absolute Gasteiger partial charge is 0.394 e. The van der Waals surface area contributed by atoms with Crippen molar-refractivity contribution in [2.75, 3.05) is 30.0 Å². The quantitative estimate of drug-likeness (QED) is 0.332. The molecule has 2 fully saturated rings. The molecule has 1 aromatic heterocycles. The molecular weight excluding hydrogens is 392 g/mol. The smallest absolute Gasteiger partial charge is 0.191 e. The van der Waals surface area contributed by atoms with Crippen molar-refractivity contribution < 1.29 is 19.3 Å². The number of anilines is 2. The predicted molar refractivity (Wildman–Crippen MR) is 105 cm³/mol. The molecule has 27 heavy (non-hydrogen) atoms. The van der Waals surface area contributed by atoms with Gasteiger partial charge in [0.25, 0.3) is 0 Å². The van der Waals surface area contributed by atoms with E-state index in [4.69, 9.17) is 36.7 Å². The van der Waals surface area contributed by atoms with E-state index in [1.165, 1.54) is 11.8 Å². The van der Waals surface area contributed by atoms with Gasteiger partial charge in [-0.1, -0.05) is 30.3 Å². The van der Waals surface area contributed by atoms with Crippen LogP contribution < -0.4 is 11.1 Å². The first kappa shape index (κ1) is 20.9. The maximum Gasteiger partial charge on any atom is 0.191 e. The van der Waals surface area contributed by atoms with E-state index in [1.807, 2.05) is 13.8 Å². The number of aliphatic hydroxyl groups excluding tert-OH is 1. The number of hydrogen-bond donors (Lipinski definition) is 3. The van der Waals surface area contributed by atoms with Gasteiger partial charge in [-0.2, -0.15) is 0 Å². The molecule has 0 aromatic carbocycles. The van der Waals surface area contributed by atoms with E-state index in [0.29, 0.717) is 23.1 Å². The molecule has 0 bridgehead atoms. The minimum atomic E-state index is -0.701. The predicted octanol–water partition coefficient (Wildman–Crippen LogP) is 2.30. The van der Waals surface area contributed by atoms with E-state index >= 15 is 0 Å². The van der Waals surface area contributed by atoms with Crippen LogP contribution >= 0.6 is 23.4 Å². The van der Waals surface area contributed by atoms with E-state index in [9.17, 15) is 0 Å². The van der Waals surface area contributed by atoms with Crippen LogP contribution in [0.5, 0.6) is 0 Å². The van der Waals surface area contributed by atoms with Gasteiger partial charge in [0.05, 0.1) is 25.4 Å². The first-order valence-corrected chi connectivity index (χ1v) is 10.5. The highest BCUT2D eigenvalue weighted by atomic mass is 35.5. The van der Waals surface area contributed by atoms with E-state index in [0.717, 1.165) is 12.2 Å². The van der Waals surface area contributed by atoms with Crippen molar-refractivity contribution in [2.45, 2.75) is 68.9 Å². The molecule has 1 saturated heterocycles. The summed E-state index contributed by atoms with van der Waals surface area (Å²) < 4.78 is 17.9. The summed E-state index contributed by atoms with van der Waals surface area (Å²) in [5, 5.41) is 13.3. The number of hydrogen-bond acceptors (Lipinski definition) is 9. The highest BCUT2D eigenvalue weighted by Crippen LogP contribution is 2.41. The molecule has 3 rings (SSSR count). The Hall–Kier alpha value is -0.840. The van der Waals surface area contributed by atoms with Gasteiger partial charge in [-0.15, -0.1) is 0 Å². The van der Waals surface area contributed by atoms with Gasteiger partial charge in [-0.05, 0) is 26.7 Å². The van der Waals surface area contributed by atoms with Crippen LogP contribution in [0.3, 0.4) is 0 Å². The maximum absolute atomic E-state index is 9.08. The van der Waals surface area contributed by atoms with Gasteiger partial charge in [0.2, 0.25) is 0 Å². The number of nitrogens with two attached hydrogens (primary N) is 1. The Labute approximate surface area is 168 Å². The molecule has 1 aliphatic heterocycles. The Balaban J connectivity index is 1.79. The summed E-state index contributed by atoms with van der Waals surface area (Å²) in [6, 6.07) is -0.113. The lowest BCUT2D eigenvalue weighted by Crippen LogP contribution is -2.35. The van der Waals surface area contributed by atoms with Gasteiger partial charge in [-0.25, -0.2) is 9.97 Å². The van der Waals surface area contributed by atoms with Gasteiger partial charge in [0, 0.05) is 5.75 Å². The molecule has 4 atom stereocenters. The van der Waals surface area contributed by atoms with Crippen molar-refractivity contribution >= 4 is 34.9 Å². The fourth-order valence-corrected chi connectivity index (χ4v) is 4.33. The molecule has 2 heterocycles. The lowest BCUT2D eigenvalue weighted by molar-refractivity contribution is -0.167. The highest BCUT2D eigenvalue weighted by molar-refractivity contribution is 7.99. The van der Waals surface area contributed by atoms with Crippen LogP contribution in [0.1, 0.15) is 33.6 Å². The number of fused-ring (bicyclic) bond motifs is 1. The second-order valence-electron chi connectivity index (χ2n) is 7.09. The first-order valence-electron chi connectivity index (χ1n) is 9.15. The lowest BCUT2D eigenvalue weighted by Gasteiger charge is -2.24. The molecule has 1 unspecified atom stereocenters. The van der Waals surface area contributed by atoms with Crippen molar-refractivity contribution in [3.63, 3.8) is 0 Å². The summed E-state index contributed by atoms with van der Waals surface area (Å²) in [6.45, 7) is 6.06. The summed E-state index contributed by atoms with van der Waals surface area (Å²) in [4.78, 5) is 8.76. The monoisotopic (exact) mass is 418 g/mol. The summed E-state index contributed by atoms with van der Waals surface area (Å²) in [7, 11) is 0. The van der Waals surface area contributed by atoms with Crippen LogP contribution in [0, 0.1) is 0 Å². The number of thioether (sulfide) groups is 1. The zero-order valence-electron chi connectivity index (χ0n) is 15.8. The Kier molecular flexibility index (Phi) is 6.70. The SMILES string of the molecule is CCCSc1nc(Cl)c(N)c(NC2C[C@H](OCCO)[C@H]3OC(C)(C)O[C@@H]23)n1. The number of nitrogens with zero attached hydrogens (tertiary/aromatic N) is 2. The second kappa shape index (κ2) is 8.67. The van der Waals surface area contributed by atoms with Gasteiger partial charge in [0.1, 0.15) is 17.9 Å². The molecule has 10 heteroatoms. The molecule has 152 valence electrons. The molecule has 0 amide bonds. The number of aromatic nitrogens is 2. The third kappa shape index (κ3) is 4.78. The fraction of sp³-hybridized carbons (Fsp3) is 0.765. The number of nitrogen functional groups attached to an aromatic ring is 1. The van der Waals surface area contributed by atoms with Crippen LogP contribution in [0.2, 0.25) is 5.15 Å². The molecular formula is C17H27ClN4O4S. The van der Waals surface area contributed by atoms with Gasteiger partial charge < -0.3 is 30.4 Å². The van der Waals surface area contributed by atoms with Crippen LogP contribution in [-0.4, -0.2) is 64.2 Å². The molecule has 8 nitrogen and oxygen atoms in total. The molecule has 1 aliphatic carbocycles. The number of nitrogens with one attached hydrogen (secondary N) is 1. The van der Waals surface area contributed by atoms with Crippen molar-refractivity contribution in [1.29, 1.82) is 0 Å². The van der Waals surface area contributed by atoms with E-state index < -0.39 is 5.79 Å². The van der Waals surface area contributed by atoms with Crippen LogP contribution in [0.15, 0.2) is 5.16 Å². The average molecular weight is 419 g/mol. The average Bonchev–Trinajstić information content (AvgIpc) is 3.09.